The number of nitrogens with one attached hydrogen (secondary N) is 1. The molecule has 2 saturated carbocycles. The molecule has 0 heterocycles. The van der Waals surface area contributed by atoms with Crippen LogP contribution in [-0.2, 0) is 10.2 Å². The van der Waals surface area contributed by atoms with Gasteiger partial charge in [0.15, 0.2) is 0 Å². The Balaban J connectivity index is 1.57. The van der Waals surface area contributed by atoms with Gasteiger partial charge in [-0.15, -0.1) is 0 Å². The van der Waals surface area contributed by atoms with Gasteiger partial charge in [0, 0.05) is 30.0 Å². The number of carbonyl (C=O) groups excluding carboxylic acids is 1. The standard InChI is InChI=1S/C18H26N2O2/c1-22-16-8-3-2-6-14(16)18(9-10-18)12-20-17(21)11-13-5-4-7-15(13)19/h2-3,6,8,13,15H,4-5,7,9-12,19H2,1H3,(H,20,21)/t13-,15+/m0/s1. The van der Waals surface area contributed by atoms with Crippen LogP contribution in [0.1, 0.15) is 44.1 Å². The molecule has 0 unspecified atom stereocenters. The Labute approximate surface area is 132 Å². The number of benzene rings is 1. The number of hydrogen-bond acceptors (Lipinski definition) is 3. The maximum atomic E-state index is 12.2. The van der Waals surface area contributed by atoms with Gasteiger partial charge in [-0.2, -0.15) is 0 Å². The Morgan fingerprint density at radius 2 is 2.14 bits per heavy atom. The fourth-order valence-electron chi connectivity index (χ4n) is 3.67. The monoisotopic (exact) mass is 302 g/mol. The first-order valence-electron chi connectivity index (χ1n) is 8.30. The number of methoxy groups -OCH3 is 1. The second-order valence-corrected chi connectivity index (χ2v) is 6.82. The van der Waals surface area contributed by atoms with E-state index in [9.17, 15) is 4.79 Å². The molecule has 0 aliphatic heterocycles. The molecule has 2 atom stereocenters. The quantitative estimate of drug-likeness (QED) is 0.848. The number of ether oxygens (including phenoxy) is 1. The van der Waals surface area contributed by atoms with Crippen LogP contribution in [0.25, 0.3) is 0 Å². The molecule has 2 aliphatic carbocycles. The molecule has 22 heavy (non-hydrogen) atoms. The van der Waals surface area contributed by atoms with Gasteiger partial charge >= 0.3 is 0 Å². The molecule has 4 heteroatoms. The molecular formula is C18H26N2O2. The third-order valence-electron chi connectivity index (χ3n) is 5.32. The number of para-hydroxylation sites is 1. The van der Waals surface area contributed by atoms with E-state index in [4.69, 9.17) is 10.5 Å². The highest BCUT2D eigenvalue weighted by atomic mass is 16.5. The van der Waals surface area contributed by atoms with Gasteiger partial charge < -0.3 is 15.8 Å². The highest BCUT2D eigenvalue weighted by Gasteiger charge is 2.46. The second kappa shape index (κ2) is 6.29. The Hall–Kier alpha value is -1.55. The lowest BCUT2D eigenvalue weighted by molar-refractivity contribution is -0.122. The molecule has 1 aromatic rings. The van der Waals surface area contributed by atoms with Crippen molar-refractivity contribution in [3.63, 3.8) is 0 Å². The van der Waals surface area contributed by atoms with Crippen LogP contribution in [-0.4, -0.2) is 25.6 Å². The van der Waals surface area contributed by atoms with Crippen LogP contribution in [0.15, 0.2) is 24.3 Å². The third-order valence-corrected chi connectivity index (χ3v) is 5.32. The van der Waals surface area contributed by atoms with Gasteiger partial charge in [-0.1, -0.05) is 24.6 Å². The van der Waals surface area contributed by atoms with Crippen LogP contribution in [0.4, 0.5) is 0 Å². The van der Waals surface area contributed by atoms with Crippen molar-refractivity contribution in [2.24, 2.45) is 11.7 Å². The lowest BCUT2D eigenvalue weighted by Crippen LogP contribution is -2.35. The number of amides is 1. The lowest BCUT2D eigenvalue weighted by Gasteiger charge is -2.20. The number of nitrogens with two attached hydrogens (primary N) is 1. The Morgan fingerprint density at radius 3 is 2.77 bits per heavy atom. The Kier molecular flexibility index (Phi) is 4.39. The summed E-state index contributed by atoms with van der Waals surface area (Å²) >= 11 is 0. The van der Waals surface area contributed by atoms with Crippen molar-refractivity contribution < 1.29 is 9.53 Å². The molecule has 2 fully saturated rings. The van der Waals surface area contributed by atoms with Crippen molar-refractivity contribution >= 4 is 5.91 Å². The highest BCUT2D eigenvalue weighted by Crippen LogP contribution is 2.50. The molecule has 120 valence electrons. The van der Waals surface area contributed by atoms with Gasteiger partial charge in [-0.3, -0.25) is 4.79 Å². The first-order chi connectivity index (χ1) is 10.6. The predicted octanol–water partition coefficient (Wildman–Crippen LogP) is 2.36. The van der Waals surface area contributed by atoms with Crippen molar-refractivity contribution in [2.75, 3.05) is 13.7 Å². The fourth-order valence-corrected chi connectivity index (χ4v) is 3.67. The van der Waals surface area contributed by atoms with E-state index in [-0.39, 0.29) is 17.4 Å². The van der Waals surface area contributed by atoms with E-state index in [2.05, 4.69) is 11.4 Å². The van der Waals surface area contributed by atoms with Gasteiger partial charge in [-0.25, -0.2) is 0 Å². The molecule has 0 radical (unpaired) electrons. The molecule has 3 rings (SSSR count). The summed E-state index contributed by atoms with van der Waals surface area (Å²) in [5.41, 5.74) is 7.34. The molecule has 0 bridgehead atoms. The van der Waals surface area contributed by atoms with E-state index in [0.29, 0.717) is 18.9 Å². The normalized spacial score (nSPS) is 25.7. The summed E-state index contributed by atoms with van der Waals surface area (Å²) in [6.45, 7) is 0.703. The van der Waals surface area contributed by atoms with Crippen LogP contribution in [0.5, 0.6) is 5.75 Å². The minimum Gasteiger partial charge on any atom is -0.496 e. The molecule has 0 saturated heterocycles. The number of carbonyl (C=O) groups is 1. The minimum absolute atomic E-state index is 0.0695. The summed E-state index contributed by atoms with van der Waals surface area (Å²) in [5.74, 6) is 1.43. The molecule has 4 nitrogen and oxygen atoms in total. The molecule has 1 aromatic carbocycles. The molecular weight excluding hydrogens is 276 g/mol. The molecule has 1 amide bonds. The first kappa shape index (κ1) is 15.3. The van der Waals surface area contributed by atoms with E-state index in [1.807, 2.05) is 18.2 Å². The fraction of sp³-hybridized carbons (Fsp3) is 0.611. The maximum Gasteiger partial charge on any atom is 0.220 e. The van der Waals surface area contributed by atoms with Gasteiger partial charge in [0.2, 0.25) is 5.91 Å². The molecule has 0 spiro atoms. The topological polar surface area (TPSA) is 64.3 Å². The van der Waals surface area contributed by atoms with Crippen molar-refractivity contribution in [1.82, 2.24) is 5.32 Å². The van der Waals surface area contributed by atoms with Crippen molar-refractivity contribution in [2.45, 2.75) is 50.0 Å². The van der Waals surface area contributed by atoms with E-state index in [1.54, 1.807) is 7.11 Å². The Bertz CT molecular complexity index is 540. The average Bonchev–Trinajstić information content (AvgIpc) is 3.23. The third kappa shape index (κ3) is 3.12. The van der Waals surface area contributed by atoms with E-state index < -0.39 is 0 Å². The van der Waals surface area contributed by atoms with Gasteiger partial charge in [0.1, 0.15) is 5.75 Å². The zero-order valence-electron chi connectivity index (χ0n) is 13.3. The summed E-state index contributed by atoms with van der Waals surface area (Å²) in [4.78, 5) is 12.2. The Morgan fingerprint density at radius 1 is 1.36 bits per heavy atom. The minimum atomic E-state index is 0.0695. The molecule has 2 aliphatic rings. The SMILES string of the molecule is COc1ccccc1C1(CNC(=O)C[C@@H]2CCC[C@H]2N)CC1. The van der Waals surface area contributed by atoms with E-state index in [1.165, 1.54) is 5.56 Å². The largest absolute Gasteiger partial charge is 0.496 e. The molecule has 3 N–H and O–H groups in total. The van der Waals surface area contributed by atoms with Crippen molar-refractivity contribution in [3.05, 3.63) is 29.8 Å². The van der Waals surface area contributed by atoms with Crippen LogP contribution in [0.3, 0.4) is 0 Å². The predicted molar refractivity (Wildman–Crippen MR) is 86.8 cm³/mol. The summed E-state index contributed by atoms with van der Waals surface area (Å²) in [7, 11) is 1.70. The summed E-state index contributed by atoms with van der Waals surface area (Å²) < 4.78 is 5.47. The van der Waals surface area contributed by atoms with Crippen molar-refractivity contribution in [3.8, 4) is 5.75 Å². The van der Waals surface area contributed by atoms with Crippen LogP contribution < -0.4 is 15.8 Å². The first-order valence-corrected chi connectivity index (χ1v) is 8.30. The second-order valence-electron chi connectivity index (χ2n) is 6.82. The molecule has 0 aromatic heterocycles. The van der Waals surface area contributed by atoms with Crippen LogP contribution >= 0.6 is 0 Å². The zero-order valence-corrected chi connectivity index (χ0v) is 13.3. The zero-order chi connectivity index (χ0) is 15.6. The summed E-state index contributed by atoms with van der Waals surface area (Å²) in [6.07, 6.45) is 6.09. The summed E-state index contributed by atoms with van der Waals surface area (Å²) in [5, 5.41) is 3.13. The van der Waals surface area contributed by atoms with Gasteiger partial charge in [-0.05, 0) is 37.7 Å². The lowest BCUT2D eigenvalue weighted by atomic mass is 9.94. The van der Waals surface area contributed by atoms with Crippen LogP contribution in [0.2, 0.25) is 0 Å². The van der Waals surface area contributed by atoms with Crippen LogP contribution in [0, 0.1) is 5.92 Å². The number of rotatable bonds is 6. The smallest absolute Gasteiger partial charge is 0.220 e. The number of hydrogen-bond donors (Lipinski definition) is 2. The maximum absolute atomic E-state index is 12.2. The average molecular weight is 302 g/mol. The van der Waals surface area contributed by atoms with Gasteiger partial charge in [0.05, 0.1) is 7.11 Å². The van der Waals surface area contributed by atoms with E-state index >= 15 is 0 Å². The summed E-state index contributed by atoms with van der Waals surface area (Å²) in [6, 6.07) is 8.34. The van der Waals surface area contributed by atoms with E-state index in [0.717, 1.165) is 37.9 Å². The van der Waals surface area contributed by atoms with Crippen molar-refractivity contribution in [1.29, 1.82) is 0 Å². The van der Waals surface area contributed by atoms with Gasteiger partial charge in [0.25, 0.3) is 0 Å². The highest BCUT2D eigenvalue weighted by molar-refractivity contribution is 5.76.